The van der Waals surface area contributed by atoms with Gasteiger partial charge in [0.15, 0.2) is 11.5 Å². The Morgan fingerprint density at radius 2 is 1.72 bits per heavy atom. The van der Waals surface area contributed by atoms with E-state index in [2.05, 4.69) is 12.1 Å². The molecule has 18 heavy (non-hydrogen) atoms. The Morgan fingerprint density at radius 3 is 2.50 bits per heavy atom. The van der Waals surface area contributed by atoms with E-state index < -0.39 is 0 Å². The van der Waals surface area contributed by atoms with Crippen LogP contribution in [0.1, 0.15) is 31.2 Å². The molecule has 1 aliphatic carbocycles. The molecular formula is C15H21NO2. The topological polar surface area (TPSA) is 44.5 Å². The second-order valence-electron chi connectivity index (χ2n) is 5.46. The van der Waals surface area contributed by atoms with Gasteiger partial charge in [0, 0.05) is 6.04 Å². The van der Waals surface area contributed by atoms with Gasteiger partial charge in [0.2, 0.25) is 0 Å². The average Bonchev–Trinajstić information content (AvgIpc) is 2.41. The van der Waals surface area contributed by atoms with Gasteiger partial charge in [0.25, 0.3) is 0 Å². The lowest BCUT2D eigenvalue weighted by molar-refractivity contribution is 0.171. The number of nitrogens with two attached hydrogens (primary N) is 1. The quantitative estimate of drug-likeness (QED) is 0.873. The highest BCUT2D eigenvalue weighted by Crippen LogP contribution is 2.33. The second-order valence-corrected chi connectivity index (χ2v) is 5.46. The van der Waals surface area contributed by atoms with Gasteiger partial charge in [-0.15, -0.1) is 0 Å². The van der Waals surface area contributed by atoms with Crippen LogP contribution in [0.25, 0.3) is 0 Å². The van der Waals surface area contributed by atoms with Gasteiger partial charge in [-0.1, -0.05) is 6.07 Å². The van der Waals surface area contributed by atoms with Crippen LogP contribution >= 0.6 is 0 Å². The van der Waals surface area contributed by atoms with Crippen LogP contribution in [0, 0.1) is 5.92 Å². The van der Waals surface area contributed by atoms with Crippen LogP contribution in [0.4, 0.5) is 0 Å². The summed E-state index contributed by atoms with van der Waals surface area (Å²) in [5, 5.41) is 0. The third-order valence-electron chi connectivity index (χ3n) is 4.02. The molecule has 3 heteroatoms. The summed E-state index contributed by atoms with van der Waals surface area (Å²) >= 11 is 0. The van der Waals surface area contributed by atoms with Crippen LogP contribution in [0.3, 0.4) is 0 Å². The first-order valence-corrected chi connectivity index (χ1v) is 6.95. The monoisotopic (exact) mass is 247 g/mol. The van der Waals surface area contributed by atoms with Crippen molar-refractivity contribution in [1.82, 2.24) is 0 Å². The van der Waals surface area contributed by atoms with Crippen molar-refractivity contribution < 1.29 is 9.47 Å². The molecule has 1 aliphatic heterocycles. The first kappa shape index (κ1) is 11.8. The molecule has 2 N–H and O–H groups in total. The molecule has 1 saturated carbocycles. The van der Waals surface area contributed by atoms with E-state index in [0.717, 1.165) is 23.8 Å². The van der Waals surface area contributed by atoms with Gasteiger partial charge in [-0.25, -0.2) is 0 Å². The standard InChI is InChI=1S/C15H21NO2/c16-13-4-1-11(2-5-13)9-12-3-6-14-15(10-12)18-8-7-17-14/h3,6,10-11,13H,1-2,4-5,7-9,16H2. The summed E-state index contributed by atoms with van der Waals surface area (Å²) in [5.74, 6) is 2.58. The Labute approximate surface area is 108 Å². The van der Waals surface area contributed by atoms with Gasteiger partial charge >= 0.3 is 0 Å². The summed E-state index contributed by atoms with van der Waals surface area (Å²) in [6.07, 6.45) is 6.01. The third-order valence-corrected chi connectivity index (χ3v) is 4.02. The molecule has 3 nitrogen and oxygen atoms in total. The molecule has 0 amide bonds. The predicted octanol–water partition coefficient (Wildman–Crippen LogP) is 2.52. The van der Waals surface area contributed by atoms with Crippen LogP contribution in [-0.2, 0) is 6.42 Å². The van der Waals surface area contributed by atoms with Crippen molar-refractivity contribution in [2.75, 3.05) is 13.2 Å². The lowest BCUT2D eigenvalue weighted by Crippen LogP contribution is -2.27. The molecule has 2 aliphatic rings. The molecule has 0 atom stereocenters. The van der Waals surface area contributed by atoms with E-state index in [1.54, 1.807) is 0 Å². The molecule has 0 radical (unpaired) electrons. The molecule has 0 spiro atoms. The molecule has 1 aromatic rings. The number of rotatable bonds is 2. The molecule has 0 saturated heterocycles. The number of hydrogen-bond acceptors (Lipinski definition) is 3. The molecule has 3 rings (SSSR count). The minimum Gasteiger partial charge on any atom is -0.486 e. The fraction of sp³-hybridized carbons (Fsp3) is 0.600. The first-order chi connectivity index (χ1) is 8.81. The molecule has 1 fully saturated rings. The number of fused-ring (bicyclic) bond motifs is 1. The molecule has 1 heterocycles. The zero-order valence-corrected chi connectivity index (χ0v) is 10.7. The van der Waals surface area contributed by atoms with E-state index in [4.69, 9.17) is 15.2 Å². The second kappa shape index (κ2) is 5.19. The van der Waals surface area contributed by atoms with Crippen molar-refractivity contribution in [2.24, 2.45) is 11.7 Å². The molecule has 98 valence electrons. The van der Waals surface area contributed by atoms with E-state index in [-0.39, 0.29) is 0 Å². The fourth-order valence-corrected chi connectivity index (χ4v) is 2.94. The van der Waals surface area contributed by atoms with Crippen LogP contribution in [0.5, 0.6) is 11.5 Å². The Bertz CT molecular complexity index is 411. The molecule has 0 aromatic heterocycles. The molecule has 0 unspecified atom stereocenters. The van der Waals surface area contributed by atoms with Crippen LogP contribution in [-0.4, -0.2) is 19.3 Å². The van der Waals surface area contributed by atoms with Crippen LogP contribution in [0.2, 0.25) is 0 Å². The lowest BCUT2D eigenvalue weighted by atomic mass is 9.83. The van der Waals surface area contributed by atoms with Crippen LogP contribution in [0.15, 0.2) is 18.2 Å². The van der Waals surface area contributed by atoms with Gasteiger partial charge in [-0.3, -0.25) is 0 Å². The van der Waals surface area contributed by atoms with E-state index in [1.165, 1.54) is 31.2 Å². The fourth-order valence-electron chi connectivity index (χ4n) is 2.94. The largest absolute Gasteiger partial charge is 0.486 e. The Morgan fingerprint density at radius 1 is 1.00 bits per heavy atom. The summed E-state index contributed by atoms with van der Waals surface area (Å²) in [6.45, 7) is 1.32. The third kappa shape index (κ3) is 2.61. The predicted molar refractivity (Wildman–Crippen MR) is 71.1 cm³/mol. The van der Waals surface area contributed by atoms with Gasteiger partial charge in [-0.05, 0) is 55.7 Å². The van der Waals surface area contributed by atoms with Crippen molar-refractivity contribution in [3.8, 4) is 11.5 Å². The van der Waals surface area contributed by atoms with Gasteiger partial charge in [0.05, 0.1) is 0 Å². The average molecular weight is 247 g/mol. The maximum Gasteiger partial charge on any atom is 0.161 e. The first-order valence-electron chi connectivity index (χ1n) is 6.95. The highest BCUT2D eigenvalue weighted by atomic mass is 16.6. The zero-order valence-electron chi connectivity index (χ0n) is 10.7. The van der Waals surface area contributed by atoms with Crippen LogP contribution < -0.4 is 15.2 Å². The highest BCUT2D eigenvalue weighted by Gasteiger charge is 2.19. The lowest BCUT2D eigenvalue weighted by Gasteiger charge is -2.26. The normalized spacial score (nSPS) is 26.9. The molecule has 0 bridgehead atoms. The van der Waals surface area contributed by atoms with Gasteiger partial charge < -0.3 is 15.2 Å². The number of ether oxygens (including phenoxy) is 2. The Kier molecular flexibility index (Phi) is 3.41. The van der Waals surface area contributed by atoms with E-state index >= 15 is 0 Å². The van der Waals surface area contributed by atoms with Gasteiger partial charge in [-0.2, -0.15) is 0 Å². The molecule has 1 aromatic carbocycles. The minimum absolute atomic E-state index is 0.432. The maximum absolute atomic E-state index is 5.94. The van der Waals surface area contributed by atoms with Gasteiger partial charge in [0.1, 0.15) is 13.2 Å². The highest BCUT2D eigenvalue weighted by molar-refractivity contribution is 5.43. The summed E-state index contributed by atoms with van der Waals surface area (Å²) in [7, 11) is 0. The summed E-state index contributed by atoms with van der Waals surface area (Å²) in [5.41, 5.74) is 7.31. The maximum atomic E-state index is 5.94. The van der Waals surface area contributed by atoms with E-state index in [0.29, 0.717) is 19.3 Å². The SMILES string of the molecule is NC1CCC(Cc2ccc3c(c2)OCCO3)CC1. The van der Waals surface area contributed by atoms with Crippen molar-refractivity contribution in [1.29, 1.82) is 0 Å². The number of hydrogen-bond donors (Lipinski definition) is 1. The minimum atomic E-state index is 0.432. The zero-order chi connectivity index (χ0) is 12.4. The smallest absolute Gasteiger partial charge is 0.161 e. The van der Waals surface area contributed by atoms with Crippen molar-refractivity contribution in [2.45, 2.75) is 38.1 Å². The van der Waals surface area contributed by atoms with E-state index in [9.17, 15) is 0 Å². The Balaban J connectivity index is 1.66. The van der Waals surface area contributed by atoms with Crippen molar-refractivity contribution >= 4 is 0 Å². The Hall–Kier alpha value is -1.22. The summed E-state index contributed by atoms with van der Waals surface area (Å²) in [4.78, 5) is 0. The summed E-state index contributed by atoms with van der Waals surface area (Å²) < 4.78 is 11.2. The molecular weight excluding hydrogens is 226 g/mol. The van der Waals surface area contributed by atoms with Crippen molar-refractivity contribution in [3.63, 3.8) is 0 Å². The summed E-state index contributed by atoms with van der Waals surface area (Å²) in [6, 6.07) is 6.78. The van der Waals surface area contributed by atoms with E-state index in [1.807, 2.05) is 6.07 Å². The number of benzene rings is 1. The van der Waals surface area contributed by atoms with Crippen molar-refractivity contribution in [3.05, 3.63) is 23.8 Å².